The van der Waals surface area contributed by atoms with Crippen LogP contribution in [0.2, 0.25) is 0 Å². The lowest BCUT2D eigenvalue weighted by atomic mass is 10.1. The lowest BCUT2D eigenvalue weighted by molar-refractivity contribution is 0.306. The first-order chi connectivity index (χ1) is 8.78. The van der Waals surface area contributed by atoms with E-state index in [1.165, 1.54) is 16.7 Å². The number of hydrogen-bond donors (Lipinski definition) is 1. The predicted molar refractivity (Wildman–Crippen MR) is 74.7 cm³/mol. The Labute approximate surface area is 108 Å². The highest BCUT2D eigenvalue weighted by Crippen LogP contribution is 2.14. The number of hydrogen-bond acceptors (Lipinski definition) is 2. The van der Waals surface area contributed by atoms with Crippen molar-refractivity contribution in [3.8, 4) is 5.75 Å². The number of aryl methyl sites for hydroxylation is 1. The molecule has 18 heavy (non-hydrogen) atoms. The molecule has 0 spiro atoms. The van der Waals surface area contributed by atoms with E-state index in [4.69, 9.17) is 10.5 Å². The van der Waals surface area contributed by atoms with Crippen molar-refractivity contribution in [3.63, 3.8) is 0 Å². The monoisotopic (exact) mass is 241 g/mol. The van der Waals surface area contributed by atoms with Crippen molar-refractivity contribution in [2.75, 3.05) is 6.54 Å². The van der Waals surface area contributed by atoms with Crippen LogP contribution in [0.3, 0.4) is 0 Å². The second kappa shape index (κ2) is 6.22. The molecule has 0 fully saturated rings. The second-order valence-electron chi connectivity index (χ2n) is 4.46. The van der Waals surface area contributed by atoms with Crippen molar-refractivity contribution in [2.45, 2.75) is 20.0 Å². The first-order valence-corrected chi connectivity index (χ1v) is 6.25. The van der Waals surface area contributed by atoms with Crippen LogP contribution in [0.15, 0.2) is 48.5 Å². The molecule has 0 aliphatic rings. The molecule has 0 atom stereocenters. The summed E-state index contributed by atoms with van der Waals surface area (Å²) in [4.78, 5) is 0. The van der Waals surface area contributed by atoms with Gasteiger partial charge >= 0.3 is 0 Å². The maximum absolute atomic E-state index is 5.73. The smallest absolute Gasteiger partial charge is 0.119 e. The van der Waals surface area contributed by atoms with E-state index >= 15 is 0 Å². The minimum atomic E-state index is 0.608. The molecule has 0 unspecified atom stereocenters. The van der Waals surface area contributed by atoms with Gasteiger partial charge in [0, 0.05) is 0 Å². The molecule has 2 aromatic rings. The fraction of sp³-hybridized carbons (Fsp3) is 0.250. The summed E-state index contributed by atoms with van der Waals surface area (Å²) in [6.45, 7) is 3.38. The Morgan fingerprint density at radius 1 is 0.889 bits per heavy atom. The van der Waals surface area contributed by atoms with Crippen LogP contribution in [-0.2, 0) is 13.0 Å². The van der Waals surface area contributed by atoms with Crippen LogP contribution < -0.4 is 10.5 Å². The zero-order valence-electron chi connectivity index (χ0n) is 10.7. The van der Waals surface area contributed by atoms with Gasteiger partial charge in [0.15, 0.2) is 0 Å². The Morgan fingerprint density at radius 2 is 1.50 bits per heavy atom. The molecule has 94 valence electrons. The van der Waals surface area contributed by atoms with Crippen LogP contribution in [0.4, 0.5) is 0 Å². The van der Waals surface area contributed by atoms with E-state index < -0.39 is 0 Å². The summed E-state index contributed by atoms with van der Waals surface area (Å²) in [5, 5.41) is 0. The lowest BCUT2D eigenvalue weighted by Gasteiger charge is -2.07. The Hall–Kier alpha value is -1.80. The molecule has 0 aromatic heterocycles. The first-order valence-electron chi connectivity index (χ1n) is 6.25. The Balaban J connectivity index is 1.91. The van der Waals surface area contributed by atoms with Crippen molar-refractivity contribution in [3.05, 3.63) is 65.2 Å². The predicted octanol–water partition coefficient (Wildman–Crippen LogP) is 3.08. The molecule has 0 aliphatic carbocycles. The summed E-state index contributed by atoms with van der Waals surface area (Å²) in [6.07, 6.45) is 0.915. The largest absolute Gasteiger partial charge is 0.489 e. The fourth-order valence-electron chi connectivity index (χ4n) is 1.77. The lowest BCUT2D eigenvalue weighted by Crippen LogP contribution is -2.02. The summed E-state index contributed by atoms with van der Waals surface area (Å²) >= 11 is 0. The highest BCUT2D eigenvalue weighted by Gasteiger charge is 1.97. The van der Waals surface area contributed by atoms with Gasteiger partial charge in [0.25, 0.3) is 0 Å². The van der Waals surface area contributed by atoms with E-state index in [1.54, 1.807) is 0 Å². The average Bonchev–Trinajstić information content (AvgIpc) is 2.40. The maximum atomic E-state index is 5.73. The first kappa shape index (κ1) is 12.7. The van der Waals surface area contributed by atoms with E-state index in [0.717, 1.165) is 12.2 Å². The molecule has 0 bridgehead atoms. The second-order valence-corrected chi connectivity index (χ2v) is 4.46. The molecule has 2 N–H and O–H groups in total. The molecule has 0 saturated heterocycles. The fourth-order valence-corrected chi connectivity index (χ4v) is 1.77. The Kier molecular flexibility index (Phi) is 4.37. The summed E-state index contributed by atoms with van der Waals surface area (Å²) < 4.78 is 5.73. The van der Waals surface area contributed by atoms with Gasteiger partial charge in [0.2, 0.25) is 0 Å². The molecular weight excluding hydrogens is 222 g/mol. The van der Waals surface area contributed by atoms with Crippen LogP contribution in [0.1, 0.15) is 16.7 Å². The van der Waals surface area contributed by atoms with Gasteiger partial charge in [-0.25, -0.2) is 0 Å². The van der Waals surface area contributed by atoms with Gasteiger partial charge in [-0.15, -0.1) is 0 Å². The van der Waals surface area contributed by atoms with Crippen LogP contribution >= 0.6 is 0 Å². The molecule has 0 saturated carbocycles. The molecule has 2 nitrogen and oxygen atoms in total. The van der Waals surface area contributed by atoms with Crippen molar-refractivity contribution in [1.82, 2.24) is 0 Å². The molecule has 2 aromatic carbocycles. The van der Waals surface area contributed by atoms with E-state index in [-0.39, 0.29) is 0 Å². The molecule has 2 heteroatoms. The Bertz CT molecular complexity index is 473. The van der Waals surface area contributed by atoms with Gasteiger partial charge in [-0.1, -0.05) is 42.0 Å². The minimum absolute atomic E-state index is 0.608. The van der Waals surface area contributed by atoms with Crippen molar-refractivity contribution < 1.29 is 4.74 Å². The van der Waals surface area contributed by atoms with Gasteiger partial charge in [-0.2, -0.15) is 0 Å². The maximum Gasteiger partial charge on any atom is 0.119 e. The van der Waals surface area contributed by atoms with Gasteiger partial charge in [-0.05, 0) is 43.1 Å². The minimum Gasteiger partial charge on any atom is -0.489 e. The van der Waals surface area contributed by atoms with Gasteiger partial charge in [0.1, 0.15) is 12.4 Å². The van der Waals surface area contributed by atoms with E-state index in [2.05, 4.69) is 43.3 Å². The van der Waals surface area contributed by atoms with Crippen LogP contribution in [0, 0.1) is 6.92 Å². The zero-order valence-corrected chi connectivity index (χ0v) is 10.7. The van der Waals surface area contributed by atoms with Crippen molar-refractivity contribution in [2.24, 2.45) is 5.73 Å². The summed E-state index contributed by atoms with van der Waals surface area (Å²) in [6, 6.07) is 16.5. The third-order valence-corrected chi connectivity index (χ3v) is 2.88. The van der Waals surface area contributed by atoms with Crippen LogP contribution in [0.25, 0.3) is 0 Å². The standard InChI is InChI=1S/C16H19NO/c1-13-2-4-15(5-3-13)12-18-16-8-6-14(7-9-16)10-11-17/h2-9H,10-12,17H2,1H3. The number of benzene rings is 2. The van der Waals surface area contributed by atoms with E-state index in [0.29, 0.717) is 13.2 Å². The number of rotatable bonds is 5. The van der Waals surface area contributed by atoms with Crippen molar-refractivity contribution >= 4 is 0 Å². The Morgan fingerprint density at radius 3 is 2.11 bits per heavy atom. The van der Waals surface area contributed by atoms with E-state index in [1.807, 2.05) is 12.1 Å². The van der Waals surface area contributed by atoms with E-state index in [9.17, 15) is 0 Å². The molecular formula is C16H19NO. The normalized spacial score (nSPS) is 10.3. The van der Waals surface area contributed by atoms with Gasteiger partial charge < -0.3 is 10.5 Å². The molecule has 2 rings (SSSR count). The van der Waals surface area contributed by atoms with Gasteiger partial charge in [-0.3, -0.25) is 0 Å². The average molecular weight is 241 g/mol. The number of nitrogens with two attached hydrogens (primary N) is 1. The van der Waals surface area contributed by atoms with Gasteiger partial charge in [0.05, 0.1) is 0 Å². The number of ether oxygens (including phenoxy) is 1. The highest BCUT2D eigenvalue weighted by atomic mass is 16.5. The third kappa shape index (κ3) is 3.60. The molecule has 0 radical (unpaired) electrons. The third-order valence-electron chi connectivity index (χ3n) is 2.88. The topological polar surface area (TPSA) is 35.2 Å². The summed E-state index contributed by atoms with van der Waals surface area (Å²) in [5.74, 6) is 0.899. The summed E-state index contributed by atoms with van der Waals surface area (Å²) in [7, 11) is 0. The quantitative estimate of drug-likeness (QED) is 0.873. The molecule has 0 heterocycles. The van der Waals surface area contributed by atoms with Crippen LogP contribution in [0.5, 0.6) is 5.75 Å². The summed E-state index contributed by atoms with van der Waals surface area (Å²) in [5.41, 5.74) is 9.22. The SMILES string of the molecule is Cc1ccc(COc2ccc(CCN)cc2)cc1. The zero-order chi connectivity index (χ0) is 12.8. The van der Waals surface area contributed by atoms with Crippen LogP contribution in [-0.4, -0.2) is 6.54 Å². The highest BCUT2D eigenvalue weighted by molar-refractivity contribution is 5.28. The van der Waals surface area contributed by atoms with Crippen molar-refractivity contribution in [1.29, 1.82) is 0 Å². The molecule has 0 aliphatic heterocycles. The molecule has 0 amide bonds.